The van der Waals surface area contributed by atoms with Crippen LogP contribution >= 0.6 is 0 Å². The molecule has 7 nitrogen and oxygen atoms in total. The minimum Gasteiger partial charge on any atom is -0.507 e. The fourth-order valence-corrected chi connectivity index (χ4v) is 4.77. The highest BCUT2D eigenvalue weighted by molar-refractivity contribution is 6.51. The van der Waals surface area contributed by atoms with Crippen LogP contribution in [0.4, 0.5) is 5.69 Å². The summed E-state index contributed by atoms with van der Waals surface area (Å²) < 4.78 is 5.21. The Labute approximate surface area is 220 Å². The summed E-state index contributed by atoms with van der Waals surface area (Å²) in [6.45, 7) is 3.57. The van der Waals surface area contributed by atoms with E-state index < -0.39 is 17.7 Å². The molecule has 3 aromatic carbocycles. The Morgan fingerprint density at radius 3 is 2.42 bits per heavy atom. The molecular weight excluding hydrogens is 480 g/mol. The maximum Gasteiger partial charge on any atom is 0.310 e. The average molecular weight is 507 g/mol. The maximum atomic E-state index is 13.4. The summed E-state index contributed by atoms with van der Waals surface area (Å²) in [5.74, 6) is -2.13. The third kappa shape index (κ3) is 4.66. The van der Waals surface area contributed by atoms with Crippen LogP contribution in [0.1, 0.15) is 36.6 Å². The van der Waals surface area contributed by atoms with Crippen LogP contribution in [0.25, 0.3) is 16.5 Å². The zero-order valence-electron chi connectivity index (χ0n) is 21.0. The predicted octanol–water partition coefficient (Wildman–Crippen LogP) is 5.36. The van der Waals surface area contributed by atoms with Crippen molar-refractivity contribution in [1.29, 1.82) is 0 Å². The number of ketones is 1. The summed E-state index contributed by atoms with van der Waals surface area (Å²) in [6.07, 6.45) is 3.06. The van der Waals surface area contributed by atoms with Crippen LogP contribution in [0.15, 0.2) is 96.8 Å². The van der Waals surface area contributed by atoms with E-state index in [0.717, 1.165) is 10.8 Å². The molecule has 4 aromatic rings. The Bertz CT molecular complexity index is 1550. The largest absolute Gasteiger partial charge is 0.507 e. The van der Waals surface area contributed by atoms with Crippen molar-refractivity contribution in [2.24, 2.45) is 0 Å². The third-order valence-corrected chi connectivity index (χ3v) is 6.42. The van der Waals surface area contributed by atoms with Gasteiger partial charge in [-0.3, -0.25) is 24.3 Å². The Morgan fingerprint density at radius 2 is 1.71 bits per heavy atom. The first-order valence-corrected chi connectivity index (χ1v) is 12.3. The van der Waals surface area contributed by atoms with E-state index in [1.807, 2.05) is 30.3 Å². The summed E-state index contributed by atoms with van der Waals surface area (Å²) in [7, 11) is 0. The first-order valence-electron chi connectivity index (χ1n) is 12.3. The van der Waals surface area contributed by atoms with Crippen molar-refractivity contribution in [3.8, 4) is 0 Å². The second-order valence-corrected chi connectivity index (χ2v) is 9.36. The van der Waals surface area contributed by atoms with Crippen LogP contribution in [-0.2, 0) is 25.5 Å². The number of fused-ring (bicyclic) bond motifs is 1. The molecule has 1 fully saturated rings. The van der Waals surface area contributed by atoms with Crippen LogP contribution < -0.4 is 4.90 Å². The van der Waals surface area contributed by atoms with Gasteiger partial charge in [-0.25, -0.2) is 0 Å². The maximum absolute atomic E-state index is 13.4. The van der Waals surface area contributed by atoms with Crippen LogP contribution in [0.2, 0.25) is 0 Å². The fraction of sp³-hybridized carbons (Fsp3) is 0.161. The van der Waals surface area contributed by atoms with Crippen LogP contribution in [0.5, 0.6) is 0 Å². The van der Waals surface area contributed by atoms with Crippen molar-refractivity contribution in [1.82, 2.24) is 4.98 Å². The number of pyridine rings is 1. The van der Waals surface area contributed by atoms with E-state index in [2.05, 4.69) is 4.98 Å². The molecule has 7 heteroatoms. The lowest BCUT2D eigenvalue weighted by atomic mass is 9.94. The Balaban J connectivity index is 1.60. The van der Waals surface area contributed by atoms with Gasteiger partial charge in [0.2, 0.25) is 0 Å². The van der Waals surface area contributed by atoms with E-state index in [-0.39, 0.29) is 29.8 Å². The molecule has 38 heavy (non-hydrogen) atoms. The number of ether oxygens (including phenoxy) is 1. The molecule has 1 amide bonds. The standard InChI is InChI=1S/C31H26N2O5/c1-19(2)38-26(34)17-20-12-14-23(15-13-20)33-28(22-9-6-16-32-18-22)27(30(36)31(33)37)29(35)25-11-5-8-21-7-3-4-10-24(21)25/h3-16,18-19,28,35H,17H2,1-2H3/b29-27-. The number of amides is 1. The molecule has 190 valence electrons. The van der Waals surface area contributed by atoms with Gasteiger partial charge in [-0.1, -0.05) is 60.7 Å². The second kappa shape index (κ2) is 10.3. The van der Waals surface area contributed by atoms with Gasteiger partial charge in [-0.2, -0.15) is 0 Å². The summed E-state index contributed by atoms with van der Waals surface area (Å²) in [5, 5.41) is 13.2. The molecule has 2 heterocycles. The Kier molecular flexibility index (Phi) is 6.75. The van der Waals surface area contributed by atoms with Crippen molar-refractivity contribution < 1.29 is 24.2 Å². The van der Waals surface area contributed by atoms with Crippen LogP contribution in [-0.4, -0.2) is 33.9 Å². The first-order chi connectivity index (χ1) is 18.3. The topological polar surface area (TPSA) is 96.8 Å². The number of aliphatic hydroxyl groups is 1. The van der Waals surface area contributed by atoms with Crippen molar-refractivity contribution in [2.75, 3.05) is 4.90 Å². The summed E-state index contributed by atoms with van der Waals surface area (Å²) in [4.78, 5) is 44.5. The van der Waals surface area contributed by atoms with E-state index in [1.165, 1.54) is 4.90 Å². The van der Waals surface area contributed by atoms with Gasteiger partial charge in [0.1, 0.15) is 5.76 Å². The minimum atomic E-state index is -0.889. The number of esters is 1. The Morgan fingerprint density at radius 1 is 0.974 bits per heavy atom. The highest BCUT2D eigenvalue weighted by Gasteiger charge is 2.47. The number of hydrogen-bond acceptors (Lipinski definition) is 6. The summed E-state index contributed by atoms with van der Waals surface area (Å²) in [6, 6.07) is 22.4. The minimum absolute atomic E-state index is 0.0102. The number of hydrogen-bond donors (Lipinski definition) is 1. The predicted molar refractivity (Wildman–Crippen MR) is 144 cm³/mol. The molecule has 1 atom stereocenters. The first kappa shape index (κ1) is 24.9. The van der Waals surface area contributed by atoms with Gasteiger partial charge in [-0.15, -0.1) is 0 Å². The molecule has 1 aliphatic rings. The molecule has 1 saturated heterocycles. The number of nitrogens with zero attached hydrogens (tertiary/aromatic N) is 2. The van der Waals surface area contributed by atoms with E-state index in [0.29, 0.717) is 22.4 Å². The average Bonchev–Trinajstić information content (AvgIpc) is 3.18. The molecular formula is C31H26N2O5. The molecule has 0 radical (unpaired) electrons. The van der Waals surface area contributed by atoms with Gasteiger partial charge in [0.25, 0.3) is 11.7 Å². The lowest BCUT2D eigenvalue weighted by Crippen LogP contribution is -2.29. The SMILES string of the molecule is CC(C)OC(=O)Cc1ccc(N2C(=O)C(=O)/C(=C(\O)c3cccc4ccccc34)C2c2cccnc2)cc1. The Hall–Kier alpha value is -4.78. The monoisotopic (exact) mass is 506 g/mol. The van der Waals surface area contributed by atoms with Gasteiger partial charge in [0.15, 0.2) is 0 Å². The lowest BCUT2D eigenvalue weighted by molar-refractivity contribution is -0.146. The fourth-order valence-electron chi connectivity index (χ4n) is 4.77. The van der Waals surface area contributed by atoms with Crippen LogP contribution in [0, 0.1) is 0 Å². The van der Waals surface area contributed by atoms with Gasteiger partial charge < -0.3 is 9.84 Å². The van der Waals surface area contributed by atoms with Gasteiger partial charge >= 0.3 is 5.97 Å². The molecule has 1 aliphatic heterocycles. The summed E-state index contributed by atoms with van der Waals surface area (Å²) >= 11 is 0. The third-order valence-electron chi connectivity index (χ3n) is 6.42. The highest BCUT2D eigenvalue weighted by Crippen LogP contribution is 2.42. The molecule has 0 aliphatic carbocycles. The number of Topliss-reactive ketones (excluding diaryl/α,β-unsaturated/α-hetero) is 1. The quantitative estimate of drug-likeness (QED) is 0.164. The van der Waals surface area contributed by atoms with Crippen molar-refractivity contribution >= 4 is 39.9 Å². The molecule has 0 saturated carbocycles. The normalized spacial score (nSPS) is 16.8. The highest BCUT2D eigenvalue weighted by atomic mass is 16.5. The smallest absolute Gasteiger partial charge is 0.310 e. The molecule has 1 aromatic heterocycles. The van der Waals surface area contributed by atoms with Gasteiger partial charge in [-0.05, 0) is 53.9 Å². The second-order valence-electron chi connectivity index (χ2n) is 9.36. The van der Waals surface area contributed by atoms with Gasteiger partial charge in [0.05, 0.1) is 24.1 Å². The number of benzene rings is 3. The molecule has 1 N–H and O–H groups in total. The van der Waals surface area contributed by atoms with Crippen molar-refractivity contribution in [3.05, 3.63) is 114 Å². The molecule has 1 unspecified atom stereocenters. The van der Waals surface area contributed by atoms with E-state index >= 15 is 0 Å². The van der Waals surface area contributed by atoms with E-state index in [9.17, 15) is 19.5 Å². The number of carbonyl (C=O) groups excluding carboxylic acids is 3. The lowest BCUT2D eigenvalue weighted by Gasteiger charge is -2.25. The van der Waals surface area contributed by atoms with Crippen molar-refractivity contribution in [3.63, 3.8) is 0 Å². The number of aliphatic hydroxyl groups excluding tert-OH is 1. The molecule has 0 spiro atoms. The number of rotatable bonds is 6. The van der Waals surface area contributed by atoms with E-state index in [4.69, 9.17) is 4.74 Å². The molecule has 5 rings (SSSR count). The zero-order valence-corrected chi connectivity index (χ0v) is 21.0. The van der Waals surface area contributed by atoms with E-state index in [1.54, 1.807) is 74.8 Å². The number of aromatic nitrogens is 1. The summed E-state index contributed by atoms with van der Waals surface area (Å²) in [5.41, 5.74) is 2.21. The zero-order chi connectivity index (χ0) is 26.8. The number of carbonyl (C=O) groups is 3. The number of anilines is 1. The van der Waals surface area contributed by atoms with Gasteiger partial charge in [0, 0.05) is 23.6 Å². The molecule has 0 bridgehead atoms. The van der Waals surface area contributed by atoms with Crippen LogP contribution in [0.3, 0.4) is 0 Å². The van der Waals surface area contributed by atoms with Crippen molar-refractivity contribution in [2.45, 2.75) is 32.4 Å².